The molecule has 1 atom stereocenters. The van der Waals surface area contributed by atoms with Gasteiger partial charge < -0.3 is 5.32 Å². The lowest BCUT2D eigenvalue weighted by atomic mass is 10.0. The number of halogens is 2. The highest BCUT2D eigenvalue weighted by Gasteiger charge is 2.22. The molecule has 0 saturated heterocycles. The molecule has 1 aliphatic rings. The number of nitrogens with one attached hydrogen (secondary N) is 1. The summed E-state index contributed by atoms with van der Waals surface area (Å²) >= 11 is 11.2. The Morgan fingerprint density at radius 1 is 1.29 bits per heavy atom. The zero-order valence-corrected chi connectivity index (χ0v) is 14.3. The predicted molar refractivity (Wildman–Crippen MR) is 91.1 cm³/mol. The van der Waals surface area contributed by atoms with Gasteiger partial charge in [-0.2, -0.15) is 0 Å². The van der Waals surface area contributed by atoms with Gasteiger partial charge in [-0.25, -0.2) is 0 Å². The van der Waals surface area contributed by atoms with Crippen molar-refractivity contribution in [2.75, 3.05) is 5.75 Å². The number of fused-ring (bicyclic) bond motifs is 1. The third-order valence-electron chi connectivity index (χ3n) is 3.45. The van der Waals surface area contributed by atoms with Crippen LogP contribution in [0.5, 0.6) is 0 Å². The van der Waals surface area contributed by atoms with Gasteiger partial charge in [0, 0.05) is 20.7 Å². The van der Waals surface area contributed by atoms with Crippen LogP contribution < -0.4 is 5.32 Å². The molecule has 0 aliphatic carbocycles. The van der Waals surface area contributed by atoms with Crippen LogP contribution in [0, 0.1) is 0 Å². The summed E-state index contributed by atoms with van der Waals surface area (Å²) in [7, 11) is 0. The topological polar surface area (TPSA) is 29.1 Å². The fourth-order valence-electron chi connectivity index (χ4n) is 2.37. The molecule has 1 N–H and O–H groups in total. The third-order valence-corrected chi connectivity index (χ3v) is 5.80. The van der Waals surface area contributed by atoms with E-state index in [0.29, 0.717) is 10.6 Å². The van der Waals surface area contributed by atoms with Gasteiger partial charge >= 0.3 is 0 Å². The summed E-state index contributed by atoms with van der Waals surface area (Å²) in [6.45, 7) is 0. The summed E-state index contributed by atoms with van der Waals surface area (Å²) in [5.41, 5.74) is 1.78. The Kier molecular flexibility index (Phi) is 4.57. The van der Waals surface area contributed by atoms with Crippen molar-refractivity contribution in [1.29, 1.82) is 0 Å². The monoisotopic (exact) mass is 381 g/mol. The number of rotatable bonds is 2. The molecule has 0 aromatic heterocycles. The largest absolute Gasteiger partial charge is 0.345 e. The summed E-state index contributed by atoms with van der Waals surface area (Å²) in [5, 5.41) is 3.66. The van der Waals surface area contributed by atoms with E-state index in [4.69, 9.17) is 11.6 Å². The molecule has 2 nitrogen and oxygen atoms in total. The van der Waals surface area contributed by atoms with E-state index < -0.39 is 0 Å². The van der Waals surface area contributed by atoms with E-state index in [1.807, 2.05) is 23.9 Å². The standard InChI is InChI=1S/C16H13BrClNOS/c17-12-6-5-10(9-13(12)18)16(20)19-14-7-8-21-15-4-2-1-3-11(14)15/h1-6,9,14H,7-8H2,(H,19,20). The number of hydrogen-bond acceptors (Lipinski definition) is 2. The van der Waals surface area contributed by atoms with Crippen LogP contribution in [-0.2, 0) is 0 Å². The quantitative estimate of drug-likeness (QED) is 0.785. The number of thioether (sulfide) groups is 1. The van der Waals surface area contributed by atoms with Crippen molar-refractivity contribution >= 4 is 45.2 Å². The van der Waals surface area contributed by atoms with Crippen molar-refractivity contribution in [1.82, 2.24) is 5.32 Å². The van der Waals surface area contributed by atoms with Crippen LogP contribution in [0.3, 0.4) is 0 Å². The molecule has 0 fully saturated rings. The van der Waals surface area contributed by atoms with Crippen molar-refractivity contribution in [3.8, 4) is 0 Å². The summed E-state index contributed by atoms with van der Waals surface area (Å²) in [6.07, 6.45) is 0.942. The molecule has 1 aliphatic heterocycles. The first-order valence-corrected chi connectivity index (χ1v) is 8.78. The average Bonchev–Trinajstić information content (AvgIpc) is 2.50. The molecule has 108 valence electrons. The molecule has 1 amide bonds. The third kappa shape index (κ3) is 3.28. The molecule has 3 rings (SSSR count). The average molecular weight is 383 g/mol. The Bertz CT molecular complexity index is 692. The van der Waals surface area contributed by atoms with Gasteiger partial charge in [0.1, 0.15) is 0 Å². The van der Waals surface area contributed by atoms with Crippen LogP contribution in [0.4, 0.5) is 0 Å². The normalized spacial score (nSPS) is 17.1. The molecular formula is C16H13BrClNOS. The SMILES string of the molecule is O=C(NC1CCSc2ccccc21)c1ccc(Br)c(Cl)c1. The molecule has 0 spiro atoms. The molecule has 2 aromatic carbocycles. The maximum absolute atomic E-state index is 12.4. The van der Waals surface area contributed by atoms with Gasteiger partial charge in [0.25, 0.3) is 5.91 Å². The summed E-state index contributed by atoms with van der Waals surface area (Å²) in [4.78, 5) is 13.6. The fraction of sp³-hybridized carbons (Fsp3) is 0.188. The molecule has 21 heavy (non-hydrogen) atoms. The highest BCUT2D eigenvalue weighted by Crippen LogP contribution is 2.36. The number of amides is 1. The van der Waals surface area contributed by atoms with Crippen molar-refractivity contribution in [3.05, 3.63) is 63.1 Å². The minimum absolute atomic E-state index is 0.0670. The minimum Gasteiger partial charge on any atom is -0.345 e. The predicted octanol–water partition coefficient (Wildman–Crippen LogP) is 5.07. The maximum atomic E-state index is 12.4. The number of carbonyl (C=O) groups excluding carboxylic acids is 1. The van der Waals surface area contributed by atoms with Crippen LogP contribution in [0.2, 0.25) is 5.02 Å². The highest BCUT2D eigenvalue weighted by molar-refractivity contribution is 9.10. The van der Waals surface area contributed by atoms with Gasteiger partial charge in [-0.05, 0) is 52.2 Å². The Morgan fingerprint density at radius 2 is 2.10 bits per heavy atom. The van der Waals surface area contributed by atoms with Crippen molar-refractivity contribution in [3.63, 3.8) is 0 Å². The molecule has 5 heteroatoms. The first-order chi connectivity index (χ1) is 10.1. The Balaban J connectivity index is 1.81. The Morgan fingerprint density at radius 3 is 2.90 bits per heavy atom. The fourth-order valence-corrected chi connectivity index (χ4v) is 3.92. The lowest BCUT2D eigenvalue weighted by Gasteiger charge is -2.26. The molecule has 0 radical (unpaired) electrons. The first kappa shape index (κ1) is 14.9. The highest BCUT2D eigenvalue weighted by atomic mass is 79.9. The second-order valence-electron chi connectivity index (χ2n) is 4.83. The van der Waals surface area contributed by atoms with E-state index in [1.165, 1.54) is 10.5 Å². The van der Waals surface area contributed by atoms with Gasteiger partial charge in [0.15, 0.2) is 0 Å². The number of benzene rings is 2. The first-order valence-electron chi connectivity index (χ1n) is 6.63. The molecular weight excluding hydrogens is 370 g/mol. The lowest BCUT2D eigenvalue weighted by molar-refractivity contribution is 0.0935. The number of carbonyl (C=O) groups is 1. The van der Waals surface area contributed by atoms with E-state index in [9.17, 15) is 4.79 Å². The van der Waals surface area contributed by atoms with E-state index in [2.05, 4.69) is 33.4 Å². The Hall–Kier alpha value is -0.970. The molecule has 2 aromatic rings. The zero-order valence-electron chi connectivity index (χ0n) is 11.1. The van der Waals surface area contributed by atoms with E-state index in [1.54, 1.807) is 18.2 Å². The van der Waals surface area contributed by atoms with Gasteiger partial charge in [-0.3, -0.25) is 4.79 Å². The summed E-state index contributed by atoms with van der Waals surface area (Å²) in [5.74, 6) is 0.930. The van der Waals surface area contributed by atoms with E-state index in [0.717, 1.165) is 16.6 Å². The van der Waals surface area contributed by atoms with Gasteiger partial charge in [0.2, 0.25) is 0 Å². The van der Waals surface area contributed by atoms with Crippen LogP contribution in [-0.4, -0.2) is 11.7 Å². The smallest absolute Gasteiger partial charge is 0.251 e. The van der Waals surface area contributed by atoms with Crippen molar-refractivity contribution in [2.45, 2.75) is 17.4 Å². The van der Waals surface area contributed by atoms with E-state index >= 15 is 0 Å². The van der Waals surface area contributed by atoms with Crippen molar-refractivity contribution in [2.24, 2.45) is 0 Å². The van der Waals surface area contributed by atoms with Gasteiger partial charge in [-0.1, -0.05) is 29.8 Å². The lowest BCUT2D eigenvalue weighted by Crippen LogP contribution is -2.30. The van der Waals surface area contributed by atoms with Crippen LogP contribution in [0.25, 0.3) is 0 Å². The van der Waals surface area contributed by atoms with Crippen LogP contribution >= 0.6 is 39.3 Å². The summed E-state index contributed by atoms with van der Waals surface area (Å²) in [6, 6.07) is 13.6. The second kappa shape index (κ2) is 6.42. The van der Waals surface area contributed by atoms with E-state index in [-0.39, 0.29) is 11.9 Å². The maximum Gasteiger partial charge on any atom is 0.251 e. The Labute approximate surface area is 141 Å². The zero-order chi connectivity index (χ0) is 14.8. The number of hydrogen-bond donors (Lipinski definition) is 1. The van der Waals surface area contributed by atoms with Gasteiger partial charge in [-0.15, -0.1) is 11.8 Å². The van der Waals surface area contributed by atoms with Crippen LogP contribution in [0.15, 0.2) is 51.8 Å². The minimum atomic E-state index is -0.0869. The van der Waals surface area contributed by atoms with Crippen LogP contribution in [0.1, 0.15) is 28.4 Å². The molecule has 1 unspecified atom stereocenters. The second-order valence-corrected chi connectivity index (χ2v) is 7.23. The molecule has 0 bridgehead atoms. The molecule has 0 saturated carbocycles. The summed E-state index contributed by atoms with van der Waals surface area (Å²) < 4.78 is 0.792. The molecule has 1 heterocycles. The van der Waals surface area contributed by atoms with Crippen molar-refractivity contribution < 1.29 is 4.79 Å². The van der Waals surface area contributed by atoms with Gasteiger partial charge in [0.05, 0.1) is 11.1 Å².